The maximum atomic E-state index is 13.1. The third kappa shape index (κ3) is 0.914. The summed E-state index contributed by atoms with van der Waals surface area (Å²) in [7, 11) is 0. The average Bonchev–Trinajstić information content (AvgIpc) is 2.30. The van der Waals surface area contributed by atoms with Gasteiger partial charge in [-0.1, -0.05) is 6.92 Å². The van der Waals surface area contributed by atoms with Crippen molar-refractivity contribution in [1.82, 2.24) is 9.97 Å². The lowest BCUT2D eigenvalue weighted by Gasteiger charge is -1.98. The van der Waals surface area contributed by atoms with Crippen LogP contribution in [0.1, 0.15) is 36.7 Å². The summed E-state index contributed by atoms with van der Waals surface area (Å²) < 4.78 is 13.1. The molecule has 2 rings (SSSR count). The minimum absolute atomic E-state index is 0.279. The Morgan fingerprint density at radius 3 is 3.18 bits per heavy atom. The summed E-state index contributed by atoms with van der Waals surface area (Å²) >= 11 is 0. The van der Waals surface area contributed by atoms with Crippen LogP contribution >= 0.6 is 0 Å². The predicted octanol–water partition coefficient (Wildman–Crippen LogP) is 1.99. The molecule has 2 nitrogen and oxygen atoms in total. The van der Waals surface area contributed by atoms with Crippen molar-refractivity contribution in [2.24, 2.45) is 0 Å². The molecule has 0 aliphatic heterocycles. The maximum Gasteiger partial charge on any atom is 0.143 e. The zero-order valence-electron chi connectivity index (χ0n) is 6.29. The molecule has 0 aromatic carbocycles. The first-order valence-corrected chi connectivity index (χ1v) is 3.73. The fraction of sp³-hybridized carbons (Fsp3) is 0.500. The minimum Gasteiger partial charge on any atom is -0.245 e. The number of nitrogens with zero attached hydrogens (tertiary/aromatic N) is 2. The number of aromatic nitrogens is 2. The van der Waals surface area contributed by atoms with E-state index in [1.54, 1.807) is 6.20 Å². The second kappa shape index (κ2) is 2.26. The fourth-order valence-electron chi connectivity index (χ4n) is 1.54. The number of rotatable bonds is 0. The monoisotopic (exact) mass is 152 g/mol. The van der Waals surface area contributed by atoms with Gasteiger partial charge in [-0.25, -0.2) is 14.4 Å². The predicted molar refractivity (Wildman–Crippen MR) is 38.9 cm³/mol. The third-order valence-electron chi connectivity index (χ3n) is 2.16. The van der Waals surface area contributed by atoms with Crippen LogP contribution in [0.2, 0.25) is 0 Å². The van der Waals surface area contributed by atoms with Crippen LogP contribution in [0.3, 0.4) is 0 Å². The molecule has 1 aliphatic rings. The molecule has 11 heavy (non-hydrogen) atoms. The van der Waals surface area contributed by atoms with Crippen LogP contribution in [-0.2, 0) is 0 Å². The van der Waals surface area contributed by atoms with E-state index in [1.807, 2.05) is 6.92 Å². The van der Waals surface area contributed by atoms with Crippen molar-refractivity contribution in [3.63, 3.8) is 0 Å². The second-order valence-electron chi connectivity index (χ2n) is 2.97. The van der Waals surface area contributed by atoms with Crippen molar-refractivity contribution < 1.29 is 4.39 Å². The zero-order chi connectivity index (χ0) is 7.84. The van der Waals surface area contributed by atoms with Gasteiger partial charge in [0.25, 0.3) is 0 Å². The average molecular weight is 152 g/mol. The first kappa shape index (κ1) is 6.70. The summed E-state index contributed by atoms with van der Waals surface area (Å²) in [6.45, 7) is 2.00. The van der Waals surface area contributed by atoms with Crippen LogP contribution in [0.25, 0.3) is 0 Å². The Bertz CT molecular complexity index is 248. The Morgan fingerprint density at radius 1 is 1.64 bits per heavy atom. The van der Waals surface area contributed by atoms with Gasteiger partial charge in [0.2, 0.25) is 0 Å². The van der Waals surface area contributed by atoms with Gasteiger partial charge in [0.05, 0.1) is 5.69 Å². The van der Waals surface area contributed by atoms with Gasteiger partial charge in [-0.15, -0.1) is 0 Å². The van der Waals surface area contributed by atoms with Crippen LogP contribution in [0.5, 0.6) is 0 Å². The number of halogens is 1. The molecule has 0 fully saturated rings. The molecule has 0 amide bonds. The van der Waals surface area contributed by atoms with Crippen LogP contribution in [0, 0.1) is 0 Å². The molecule has 1 aliphatic carbocycles. The molecule has 0 radical (unpaired) electrons. The van der Waals surface area contributed by atoms with Gasteiger partial charge in [-0.2, -0.15) is 0 Å². The van der Waals surface area contributed by atoms with E-state index >= 15 is 0 Å². The molecule has 0 saturated carbocycles. The fourth-order valence-corrected chi connectivity index (χ4v) is 1.54. The van der Waals surface area contributed by atoms with Crippen molar-refractivity contribution in [3.8, 4) is 0 Å². The normalized spacial score (nSPS) is 28.5. The summed E-state index contributed by atoms with van der Waals surface area (Å²) in [6, 6.07) is 0. The molecule has 58 valence electrons. The van der Waals surface area contributed by atoms with Gasteiger partial charge < -0.3 is 0 Å². The molecule has 1 aromatic rings. The van der Waals surface area contributed by atoms with Gasteiger partial charge in [0.1, 0.15) is 12.5 Å². The van der Waals surface area contributed by atoms with E-state index in [9.17, 15) is 4.39 Å². The Kier molecular flexibility index (Phi) is 1.37. The summed E-state index contributed by atoms with van der Waals surface area (Å²) in [5.74, 6) is 0.279. The Labute approximate surface area is 64.5 Å². The largest absolute Gasteiger partial charge is 0.245 e. The van der Waals surface area contributed by atoms with E-state index in [0.29, 0.717) is 12.1 Å². The highest BCUT2D eigenvalue weighted by Crippen LogP contribution is 2.39. The molecule has 3 heteroatoms. The summed E-state index contributed by atoms with van der Waals surface area (Å²) in [5, 5.41) is 0. The molecule has 0 saturated heterocycles. The zero-order valence-corrected chi connectivity index (χ0v) is 6.29. The third-order valence-corrected chi connectivity index (χ3v) is 2.16. The molecule has 0 bridgehead atoms. The summed E-state index contributed by atoms with van der Waals surface area (Å²) in [5.41, 5.74) is 1.56. The smallest absolute Gasteiger partial charge is 0.143 e. The van der Waals surface area contributed by atoms with E-state index in [0.717, 1.165) is 5.56 Å². The Morgan fingerprint density at radius 2 is 2.45 bits per heavy atom. The Balaban J connectivity index is 2.52. The highest BCUT2D eigenvalue weighted by molar-refractivity contribution is 5.28. The molecule has 0 spiro atoms. The van der Waals surface area contributed by atoms with Gasteiger partial charge in [0, 0.05) is 6.20 Å². The van der Waals surface area contributed by atoms with Crippen molar-refractivity contribution in [2.75, 3.05) is 0 Å². The minimum atomic E-state index is -0.872. The van der Waals surface area contributed by atoms with E-state index in [-0.39, 0.29) is 5.92 Å². The van der Waals surface area contributed by atoms with E-state index in [4.69, 9.17) is 0 Å². The Hall–Kier alpha value is -0.990. The molecular formula is C8H9FN2. The summed E-state index contributed by atoms with van der Waals surface area (Å²) in [6.07, 6.45) is 2.81. The molecule has 1 heterocycles. The lowest BCUT2D eigenvalue weighted by Crippen LogP contribution is -1.91. The van der Waals surface area contributed by atoms with Crippen LogP contribution < -0.4 is 0 Å². The van der Waals surface area contributed by atoms with E-state index < -0.39 is 6.17 Å². The van der Waals surface area contributed by atoms with Gasteiger partial charge in [-0.05, 0) is 17.9 Å². The molecule has 2 atom stereocenters. The molecule has 0 N–H and O–H groups in total. The van der Waals surface area contributed by atoms with Crippen LogP contribution in [0.4, 0.5) is 4.39 Å². The van der Waals surface area contributed by atoms with E-state index in [1.165, 1.54) is 6.33 Å². The van der Waals surface area contributed by atoms with Crippen molar-refractivity contribution >= 4 is 0 Å². The standard InChI is InChI=1S/C8H9FN2/c1-5-2-7(9)8-6(5)3-10-4-11-8/h3-5,7H,2H2,1H3/t5?,7-/m0/s1. The number of alkyl halides is 1. The summed E-state index contributed by atoms with van der Waals surface area (Å²) in [4.78, 5) is 7.77. The lowest BCUT2D eigenvalue weighted by molar-refractivity contribution is 0.326. The first-order chi connectivity index (χ1) is 5.29. The van der Waals surface area contributed by atoms with E-state index in [2.05, 4.69) is 9.97 Å². The van der Waals surface area contributed by atoms with Gasteiger partial charge in [-0.3, -0.25) is 0 Å². The van der Waals surface area contributed by atoms with Crippen LogP contribution in [-0.4, -0.2) is 9.97 Å². The van der Waals surface area contributed by atoms with Crippen molar-refractivity contribution in [2.45, 2.75) is 25.4 Å². The van der Waals surface area contributed by atoms with Crippen molar-refractivity contribution in [1.29, 1.82) is 0 Å². The maximum absolute atomic E-state index is 13.1. The lowest BCUT2D eigenvalue weighted by atomic mass is 10.1. The van der Waals surface area contributed by atoms with Crippen LogP contribution in [0.15, 0.2) is 12.5 Å². The number of hydrogen-bond acceptors (Lipinski definition) is 2. The van der Waals surface area contributed by atoms with Crippen molar-refractivity contribution in [3.05, 3.63) is 23.8 Å². The number of hydrogen-bond donors (Lipinski definition) is 0. The highest BCUT2D eigenvalue weighted by Gasteiger charge is 2.29. The highest BCUT2D eigenvalue weighted by atomic mass is 19.1. The topological polar surface area (TPSA) is 25.8 Å². The first-order valence-electron chi connectivity index (χ1n) is 3.73. The molecule has 1 aromatic heterocycles. The second-order valence-corrected chi connectivity index (χ2v) is 2.97. The SMILES string of the molecule is CC1C[C@H](F)c2ncncc21. The molecule has 1 unspecified atom stereocenters. The van der Waals surface area contributed by atoms with Gasteiger partial charge >= 0.3 is 0 Å². The van der Waals surface area contributed by atoms with Gasteiger partial charge in [0.15, 0.2) is 0 Å². The number of fused-ring (bicyclic) bond motifs is 1. The quantitative estimate of drug-likeness (QED) is 0.568. The molecular weight excluding hydrogens is 143 g/mol.